The summed E-state index contributed by atoms with van der Waals surface area (Å²) in [7, 11) is 0. The molecule has 0 saturated carbocycles. The van der Waals surface area contributed by atoms with E-state index in [1.54, 1.807) is 25.1 Å². The maximum absolute atomic E-state index is 12.5. The number of amides is 2. The number of phenols is 1. The minimum absolute atomic E-state index is 0.0114. The van der Waals surface area contributed by atoms with Gasteiger partial charge in [0.1, 0.15) is 28.1 Å². The van der Waals surface area contributed by atoms with Crippen LogP contribution in [0.4, 0.5) is 11.4 Å². The van der Waals surface area contributed by atoms with E-state index < -0.39 is 22.5 Å². The van der Waals surface area contributed by atoms with Crippen LogP contribution in [0, 0.1) is 17.0 Å². The molecule has 1 aromatic heterocycles. The van der Waals surface area contributed by atoms with Gasteiger partial charge in [0.05, 0.1) is 21.6 Å². The molecule has 9 nitrogen and oxygen atoms in total. The third-order valence-corrected chi connectivity index (χ3v) is 5.05. The summed E-state index contributed by atoms with van der Waals surface area (Å²) in [4.78, 5) is 36.2. The second-order valence-corrected chi connectivity index (χ2v) is 7.40. The van der Waals surface area contributed by atoms with Gasteiger partial charge in [-0.05, 0) is 25.1 Å². The van der Waals surface area contributed by atoms with Gasteiger partial charge in [-0.15, -0.1) is 0 Å². The minimum Gasteiger partial charge on any atom is -0.506 e. The maximum Gasteiger partial charge on any atom is 0.273 e. The topological polar surface area (TPSA) is 126 Å². The van der Waals surface area contributed by atoms with Crippen molar-refractivity contribution in [2.45, 2.75) is 6.92 Å². The number of thioether (sulfide) groups is 1. The average molecular weight is 419 g/mol. The number of nitro groups is 1. The molecule has 1 aromatic carbocycles. The molecule has 0 bridgehead atoms. The molecule has 11 heteroatoms. The van der Waals surface area contributed by atoms with E-state index in [1.807, 2.05) is 0 Å². The summed E-state index contributed by atoms with van der Waals surface area (Å²) >= 11 is 6.21. The average Bonchev–Trinajstić information content (AvgIpc) is 3.15. The highest BCUT2D eigenvalue weighted by molar-refractivity contribution is 8.26. The zero-order valence-electron chi connectivity index (χ0n) is 14.4. The smallest absolute Gasteiger partial charge is 0.273 e. The number of carbonyl (C=O) groups is 2. The Morgan fingerprint density at radius 3 is 2.79 bits per heavy atom. The van der Waals surface area contributed by atoms with Crippen LogP contribution >= 0.6 is 24.0 Å². The second kappa shape index (κ2) is 7.82. The Kier molecular flexibility index (Phi) is 5.47. The van der Waals surface area contributed by atoms with Crippen LogP contribution in [0.3, 0.4) is 0 Å². The Hall–Kier alpha value is -3.18. The highest BCUT2D eigenvalue weighted by atomic mass is 32.2. The number of hydrogen-bond donors (Lipinski definition) is 2. The van der Waals surface area contributed by atoms with Crippen LogP contribution in [0.15, 0.2) is 39.7 Å². The van der Waals surface area contributed by atoms with Crippen molar-refractivity contribution in [1.29, 1.82) is 0 Å². The number of benzene rings is 1. The summed E-state index contributed by atoms with van der Waals surface area (Å²) in [5, 5.41) is 22.9. The predicted octanol–water partition coefficient (Wildman–Crippen LogP) is 3.04. The van der Waals surface area contributed by atoms with Crippen LogP contribution in [0.25, 0.3) is 6.08 Å². The number of carbonyl (C=O) groups excluding carboxylic acids is 2. The van der Waals surface area contributed by atoms with Gasteiger partial charge in [0.15, 0.2) is 0 Å². The number of nitrogens with one attached hydrogen (secondary N) is 1. The molecular weight excluding hydrogens is 406 g/mol. The molecule has 144 valence electrons. The molecule has 0 radical (unpaired) electrons. The lowest BCUT2D eigenvalue weighted by molar-refractivity contribution is -0.384. The van der Waals surface area contributed by atoms with Gasteiger partial charge in [0.25, 0.3) is 11.6 Å². The van der Waals surface area contributed by atoms with Crippen molar-refractivity contribution in [2.24, 2.45) is 0 Å². The van der Waals surface area contributed by atoms with Crippen molar-refractivity contribution < 1.29 is 24.0 Å². The molecule has 2 heterocycles. The van der Waals surface area contributed by atoms with E-state index in [0.29, 0.717) is 16.4 Å². The Morgan fingerprint density at radius 1 is 1.43 bits per heavy atom. The van der Waals surface area contributed by atoms with Crippen molar-refractivity contribution in [3.63, 3.8) is 0 Å². The number of furan rings is 1. The van der Waals surface area contributed by atoms with E-state index in [2.05, 4.69) is 5.32 Å². The number of nitro benzene ring substituents is 1. The van der Waals surface area contributed by atoms with Crippen LogP contribution in [0.1, 0.15) is 11.5 Å². The van der Waals surface area contributed by atoms with Crippen molar-refractivity contribution in [1.82, 2.24) is 4.90 Å². The number of anilines is 1. The van der Waals surface area contributed by atoms with E-state index in [1.165, 1.54) is 6.07 Å². The lowest BCUT2D eigenvalue weighted by Crippen LogP contribution is -2.36. The maximum atomic E-state index is 12.5. The summed E-state index contributed by atoms with van der Waals surface area (Å²) in [6.07, 6.45) is 1.55. The van der Waals surface area contributed by atoms with E-state index >= 15 is 0 Å². The first-order valence-corrected chi connectivity index (χ1v) is 9.06. The van der Waals surface area contributed by atoms with Crippen LogP contribution in [0.2, 0.25) is 0 Å². The molecule has 0 unspecified atom stereocenters. The first-order chi connectivity index (χ1) is 13.2. The molecule has 2 amide bonds. The van der Waals surface area contributed by atoms with Gasteiger partial charge in [-0.1, -0.05) is 24.0 Å². The van der Waals surface area contributed by atoms with Gasteiger partial charge in [-0.3, -0.25) is 24.6 Å². The first-order valence-electron chi connectivity index (χ1n) is 7.83. The van der Waals surface area contributed by atoms with Gasteiger partial charge >= 0.3 is 0 Å². The first kappa shape index (κ1) is 19.6. The Morgan fingerprint density at radius 2 is 2.18 bits per heavy atom. The quantitative estimate of drug-likeness (QED) is 0.249. The van der Waals surface area contributed by atoms with Gasteiger partial charge in [-0.25, -0.2) is 0 Å². The molecule has 2 aromatic rings. The highest BCUT2D eigenvalue weighted by Crippen LogP contribution is 2.33. The number of aromatic hydroxyl groups is 1. The third-order valence-electron chi connectivity index (χ3n) is 3.68. The molecule has 0 atom stereocenters. The molecule has 0 aliphatic carbocycles. The molecular formula is C17H13N3O6S2. The largest absolute Gasteiger partial charge is 0.506 e. The summed E-state index contributed by atoms with van der Waals surface area (Å²) in [5.41, 5.74) is -0.326. The molecule has 1 saturated heterocycles. The highest BCUT2D eigenvalue weighted by Gasteiger charge is 2.33. The Balaban J connectivity index is 1.68. The lowest BCUT2D eigenvalue weighted by Gasteiger charge is -2.14. The third kappa shape index (κ3) is 4.21. The Labute approximate surface area is 168 Å². The van der Waals surface area contributed by atoms with E-state index in [4.69, 9.17) is 16.6 Å². The number of nitrogens with zero attached hydrogens (tertiary/aromatic N) is 2. The number of rotatable bonds is 5. The van der Waals surface area contributed by atoms with Crippen LogP contribution in [-0.2, 0) is 9.59 Å². The molecule has 1 fully saturated rings. The second-order valence-electron chi connectivity index (χ2n) is 5.72. The predicted molar refractivity (Wildman–Crippen MR) is 107 cm³/mol. The summed E-state index contributed by atoms with van der Waals surface area (Å²) in [5.74, 6) is -0.314. The molecule has 1 aliphatic heterocycles. The Bertz CT molecular complexity index is 1030. The van der Waals surface area contributed by atoms with Crippen molar-refractivity contribution >= 4 is 57.6 Å². The van der Waals surface area contributed by atoms with E-state index in [0.717, 1.165) is 28.8 Å². The molecule has 3 rings (SSSR count). The van der Waals surface area contributed by atoms with Gasteiger partial charge in [0, 0.05) is 12.1 Å². The zero-order chi connectivity index (χ0) is 20.4. The monoisotopic (exact) mass is 419 g/mol. The van der Waals surface area contributed by atoms with E-state index in [-0.39, 0.29) is 22.2 Å². The number of aryl methyl sites for hydroxylation is 1. The summed E-state index contributed by atoms with van der Waals surface area (Å²) in [6, 6.07) is 6.74. The van der Waals surface area contributed by atoms with Crippen LogP contribution in [0.5, 0.6) is 5.75 Å². The molecule has 2 N–H and O–H groups in total. The van der Waals surface area contributed by atoms with Gasteiger partial charge < -0.3 is 14.8 Å². The SMILES string of the molecule is Cc1ccc(/C=C2\SC(=S)N(CC(=O)Nc3ccc([N+](=O)[O-])cc3O)C2=O)o1. The summed E-state index contributed by atoms with van der Waals surface area (Å²) < 4.78 is 5.62. The molecule has 28 heavy (non-hydrogen) atoms. The van der Waals surface area contributed by atoms with Crippen LogP contribution < -0.4 is 5.32 Å². The number of phenolic OH excluding ortho intramolecular Hbond substituents is 1. The van der Waals surface area contributed by atoms with Crippen molar-refractivity contribution in [3.05, 3.63) is 56.9 Å². The zero-order valence-corrected chi connectivity index (χ0v) is 16.0. The van der Waals surface area contributed by atoms with Gasteiger partial charge in [0.2, 0.25) is 5.91 Å². The van der Waals surface area contributed by atoms with E-state index in [9.17, 15) is 24.8 Å². The number of thiocarbonyl (C=S) groups is 1. The molecule has 0 spiro atoms. The fourth-order valence-electron chi connectivity index (χ4n) is 2.37. The lowest BCUT2D eigenvalue weighted by atomic mass is 10.2. The fraction of sp³-hybridized carbons (Fsp3) is 0.118. The number of non-ortho nitro benzene ring substituents is 1. The van der Waals surface area contributed by atoms with Crippen LogP contribution in [-0.4, -0.2) is 37.6 Å². The normalized spacial score (nSPS) is 15.3. The van der Waals surface area contributed by atoms with Crippen molar-refractivity contribution in [3.8, 4) is 5.75 Å². The van der Waals surface area contributed by atoms with Gasteiger partial charge in [-0.2, -0.15) is 0 Å². The minimum atomic E-state index is -0.668. The standard InChI is InChI=1S/C17H13N3O6S2/c1-9-2-4-11(26-9)7-14-16(23)19(17(27)28-14)8-15(22)18-12-5-3-10(20(24)25)6-13(12)21/h2-7,21H,8H2,1H3,(H,18,22)/b14-7-. The van der Waals surface area contributed by atoms with Crippen molar-refractivity contribution in [2.75, 3.05) is 11.9 Å². The molecule has 1 aliphatic rings. The fourth-order valence-corrected chi connectivity index (χ4v) is 3.60. The number of hydrogen-bond acceptors (Lipinski definition) is 8. The summed E-state index contributed by atoms with van der Waals surface area (Å²) in [6.45, 7) is 1.41.